The summed E-state index contributed by atoms with van der Waals surface area (Å²) in [6.07, 6.45) is 1.17. The largest absolute Gasteiger partial charge is 0.260 e. The van der Waals surface area contributed by atoms with Crippen LogP contribution in [0.5, 0.6) is 0 Å². The highest BCUT2D eigenvalue weighted by Crippen LogP contribution is 2.25. The average Bonchev–Trinajstić information content (AvgIpc) is 2.04. The molecule has 1 nitrogen and oxygen atoms in total. The van der Waals surface area contributed by atoms with E-state index in [0.29, 0.717) is 0 Å². The van der Waals surface area contributed by atoms with Gasteiger partial charge in [0.1, 0.15) is 0 Å². The van der Waals surface area contributed by atoms with Gasteiger partial charge in [-0.1, -0.05) is 12.1 Å². The SMILES string of the molecule is Cc1ccc2c(c1)SNCC2. The van der Waals surface area contributed by atoms with Gasteiger partial charge in [-0.05, 0) is 42.5 Å². The normalized spacial score (nSPS) is 16.1. The maximum absolute atomic E-state index is 3.28. The lowest BCUT2D eigenvalue weighted by Gasteiger charge is -2.15. The van der Waals surface area contributed by atoms with Crippen molar-refractivity contribution < 1.29 is 0 Å². The molecule has 0 aromatic heterocycles. The van der Waals surface area contributed by atoms with Crippen LogP contribution in [0.15, 0.2) is 23.1 Å². The molecule has 0 amide bonds. The molecule has 58 valence electrons. The van der Waals surface area contributed by atoms with Crippen molar-refractivity contribution in [2.45, 2.75) is 18.2 Å². The van der Waals surface area contributed by atoms with E-state index in [-0.39, 0.29) is 0 Å². The molecule has 0 spiro atoms. The zero-order valence-corrected chi connectivity index (χ0v) is 7.37. The Morgan fingerprint density at radius 2 is 2.36 bits per heavy atom. The van der Waals surface area contributed by atoms with E-state index in [4.69, 9.17) is 0 Å². The Hall–Kier alpha value is -0.470. The number of hydrogen-bond donors (Lipinski definition) is 1. The van der Waals surface area contributed by atoms with E-state index < -0.39 is 0 Å². The van der Waals surface area contributed by atoms with Crippen LogP contribution in [-0.2, 0) is 6.42 Å². The fourth-order valence-electron chi connectivity index (χ4n) is 1.28. The summed E-state index contributed by atoms with van der Waals surface area (Å²) in [5, 5.41) is 0. The van der Waals surface area contributed by atoms with E-state index in [0.717, 1.165) is 6.54 Å². The van der Waals surface area contributed by atoms with Crippen LogP contribution in [0, 0.1) is 6.92 Å². The van der Waals surface area contributed by atoms with Crippen LogP contribution in [0.25, 0.3) is 0 Å². The number of aryl methyl sites for hydroxylation is 1. The van der Waals surface area contributed by atoms with Crippen LogP contribution in [0.4, 0.5) is 0 Å². The Labute approximate surface area is 71.3 Å². The van der Waals surface area contributed by atoms with Gasteiger partial charge in [0.2, 0.25) is 0 Å². The molecule has 1 heterocycles. The summed E-state index contributed by atoms with van der Waals surface area (Å²) in [6.45, 7) is 3.23. The zero-order chi connectivity index (χ0) is 7.68. The van der Waals surface area contributed by atoms with Crippen LogP contribution in [0.2, 0.25) is 0 Å². The van der Waals surface area contributed by atoms with Crippen molar-refractivity contribution in [3.63, 3.8) is 0 Å². The molecular weight excluding hydrogens is 154 g/mol. The first-order chi connectivity index (χ1) is 5.36. The highest BCUT2D eigenvalue weighted by Gasteiger charge is 2.07. The molecule has 0 atom stereocenters. The fraction of sp³-hybridized carbons (Fsp3) is 0.333. The van der Waals surface area contributed by atoms with Gasteiger partial charge in [-0.2, -0.15) is 0 Å². The Kier molecular flexibility index (Phi) is 1.88. The molecule has 1 N–H and O–H groups in total. The molecule has 1 aliphatic rings. The average molecular weight is 165 g/mol. The van der Waals surface area contributed by atoms with E-state index in [1.165, 1.54) is 22.4 Å². The van der Waals surface area contributed by atoms with Crippen molar-refractivity contribution in [2.75, 3.05) is 6.54 Å². The predicted molar refractivity (Wildman–Crippen MR) is 48.7 cm³/mol. The van der Waals surface area contributed by atoms with Crippen molar-refractivity contribution in [2.24, 2.45) is 0 Å². The molecule has 0 aliphatic carbocycles. The van der Waals surface area contributed by atoms with Crippen LogP contribution in [0.3, 0.4) is 0 Å². The second-order valence-electron chi connectivity index (χ2n) is 2.86. The molecule has 0 saturated carbocycles. The number of nitrogens with one attached hydrogen (secondary N) is 1. The second-order valence-corrected chi connectivity index (χ2v) is 3.79. The molecule has 0 saturated heterocycles. The maximum atomic E-state index is 3.28. The molecule has 0 unspecified atom stereocenters. The number of hydrogen-bond acceptors (Lipinski definition) is 2. The molecule has 2 heteroatoms. The number of benzene rings is 1. The van der Waals surface area contributed by atoms with Gasteiger partial charge in [-0.25, -0.2) is 0 Å². The first-order valence-corrected chi connectivity index (χ1v) is 4.67. The molecule has 2 rings (SSSR count). The van der Waals surface area contributed by atoms with Gasteiger partial charge < -0.3 is 0 Å². The Morgan fingerprint density at radius 1 is 1.45 bits per heavy atom. The molecule has 1 aliphatic heterocycles. The third-order valence-electron chi connectivity index (χ3n) is 1.90. The van der Waals surface area contributed by atoms with E-state index in [1.54, 1.807) is 11.9 Å². The third-order valence-corrected chi connectivity index (χ3v) is 2.85. The van der Waals surface area contributed by atoms with Crippen molar-refractivity contribution >= 4 is 11.9 Å². The third kappa shape index (κ3) is 1.42. The smallest absolute Gasteiger partial charge is 0.0263 e. The van der Waals surface area contributed by atoms with Gasteiger partial charge in [0, 0.05) is 11.4 Å². The highest BCUT2D eigenvalue weighted by molar-refractivity contribution is 7.97. The van der Waals surface area contributed by atoms with Gasteiger partial charge in [0.25, 0.3) is 0 Å². The fourth-order valence-corrected chi connectivity index (χ4v) is 2.18. The molecule has 0 bridgehead atoms. The maximum Gasteiger partial charge on any atom is 0.0263 e. The minimum atomic E-state index is 1.10. The van der Waals surface area contributed by atoms with Crippen molar-refractivity contribution in [1.29, 1.82) is 0 Å². The minimum Gasteiger partial charge on any atom is -0.260 e. The summed E-state index contributed by atoms with van der Waals surface area (Å²) < 4.78 is 3.28. The lowest BCUT2D eigenvalue weighted by Crippen LogP contribution is -2.14. The summed E-state index contributed by atoms with van der Waals surface area (Å²) >= 11 is 1.75. The van der Waals surface area contributed by atoms with Gasteiger partial charge >= 0.3 is 0 Å². The highest BCUT2D eigenvalue weighted by atomic mass is 32.2. The second kappa shape index (κ2) is 2.88. The standard InChI is InChI=1S/C9H11NS/c1-7-2-3-8-4-5-10-11-9(8)6-7/h2-3,6,10H,4-5H2,1H3. The Bertz CT molecular complexity index is 270. The molecular formula is C9H11NS. The first kappa shape index (κ1) is 7.19. The Morgan fingerprint density at radius 3 is 3.27 bits per heavy atom. The quantitative estimate of drug-likeness (QED) is 0.591. The summed E-state index contributed by atoms with van der Waals surface area (Å²) in [5.41, 5.74) is 2.83. The number of rotatable bonds is 0. The summed E-state index contributed by atoms with van der Waals surface area (Å²) in [5.74, 6) is 0. The monoisotopic (exact) mass is 165 g/mol. The summed E-state index contributed by atoms with van der Waals surface area (Å²) in [4.78, 5) is 1.40. The van der Waals surface area contributed by atoms with Crippen LogP contribution in [-0.4, -0.2) is 6.54 Å². The van der Waals surface area contributed by atoms with Crippen LogP contribution in [0.1, 0.15) is 11.1 Å². The molecule has 11 heavy (non-hydrogen) atoms. The van der Waals surface area contributed by atoms with E-state index in [9.17, 15) is 0 Å². The molecule has 0 fully saturated rings. The van der Waals surface area contributed by atoms with Gasteiger partial charge in [0.05, 0.1) is 0 Å². The van der Waals surface area contributed by atoms with E-state index in [1.807, 2.05) is 0 Å². The van der Waals surface area contributed by atoms with Gasteiger partial charge in [-0.3, -0.25) is 4.72 Å². The van der Waals surface area contributed by atoms with Crippen molar-refractivity contribution in [3.8, 4) is 0 Å². The minimum absolute atomic E-state index is 1.10. The van der Waals surface area contributed by atoms with E-state index in [2.05, 4.69) is 29.8 Å². The van der Waals surface area contributed by atoms with Crippen molar-refractivity contribution in [3.05, 3.63) is 29.3 Å². The summed E-state index contributed by atoms with van der Waals surface area (Å²) in [7, 11) is 0. The number of fused-ring (bicyclic) bond motifs is 1. The lowest BCUT2D eigenvalue weighted by molar-refractivity contribution is 0.863. The van der Waals surface area contributed by atoms with Gasteiger partial charge in [0.15, 0.2) is 0 Å². The van der Waals surface area contributed by atoms with E-state index >= 15 is 0 Å². The summed E-state index contributed by atoms with van der Waals surface area (Å²) in [6, 6.07) is 6.66. The first-order valence-electron chi connectivity index (χ1n) is 3.85. The predicted octanol–water partition coefficient (Wildman–Crippen LogP) is 2.15. The van der Waals surface area contributed by atoms with Gasteiger partial charge in [-0.15, -0.1) is 0 Å². The lowest BCUT2D eigenvalue weighted by atomic mass is 10.1. The molecule has 0 radical (unpaired) electrons. The Balaban J connectivity index is 2.43. The molecule has 1 aromatic rings. The van der Waals surface area contributed by atoms with Crippen molar-refractivity contribution in [1.82, 2.24) is 4.72 Å². The van der Waals surface area contributed by atoms with Crippen LogP contribution < -0.4 is 4.72 Å². The van der Waals surface area contributed by atoms with Crippen LogP contribution >= 0.6 is 11.9 Å². The zero-order valence-electron chi connectivity index (χ0n) is 6.55. The topological polar surface area (TPSA) is 12.0 Å². The molecule has 1 aromatic carbocycles.